The van der Waals surface area contributed by atoms with Crippen LogP contribution in [-0.4, -0.2) is 21.6 Å². The van der Waals surface area contributed by atoms with Gasteiger partial charge in [-0.2, -0.15) is 5.10 Å². The Kier molecular flexibility index (Phi) is 4.97. The molecule has 0 atom stereocenters. The van der Waals surface area contributed by atoms with Crippen molar-refractivity contribution < 1.29 is 9.59 Å². The number of thiophene rings is 1. The molecule has 118 valence electrons. The van der Waals surface area contributed by atoms with E-state index in [9.17, 15) is 9.59 Å². The summed E-state index contributed by atoms with van der Waals surface area (Å²) in [6.45, 7) is 7.86. The lowest BCUT2D eigenvalue weighted by atomic mass is 10.2. The van der Waals surface area contributed by atoms with E-state index in [2.05, 4.69) is 22.9 Å². The van der Waals surface area contributed by atoms with E-state index < -0.39 is 0 Å². The van der Waals surface area contributed by atoms with Gasteiger partial charge in [-0.15, -0.1) is 11.3 Å². The topological polar surface area (TPSA) is 76.0 Å². The summed E-state index contributed by atoms with van der Waals surface area (Å²) in [7, 11) is 0. The summed E-state index contributed by atoms with van der Waals surface area (Å²) in [6, 6.07) is 3.73. The second kappa shape index (κ2) is 6.74. The number of amides is 2. The number of aryl methyl sites for hydroxylation is 4. The summed E-state index contributed by atoms with van der Waals surface area (Å²) in [4.78, 5) is 25.6. The molecule has 2 aromatic rings. The van der Waals surface area contributed by atoms with Gasteiger partial charge in [0.25, 0.3) is 11.8 Å². The van der Waals surface area contributed by atoms with E-state index in [1.165, 1.54) is 16.2 Å². The van der Waals surface area contributed by atoms with Crippen molar-refractivity contribution in [3.8, 4) is 0 Å². The fourth-order valence-electron chi connectivity index (χ4n) is 2.18. The van der Waals surface area contributed by atoms with Crippen molar-refractivity contribution in [3.05, 3.63) is 38.8 Å². The van der Waals surface area contributed by atoms with Gasteiger partial charge in [0.05, 0.1) is 10.6 Å². The van der Waals surface area contributed by atoms with Crippen molar-refractivity contribution in [2.24, 2.45) is 0 Å². The first-order valence-corrected chi connectivity index (χ1v) is 7.92. The van der Waals surface area contributed by atoms with E-state index in [-0.39, 0.29) is 18.4 Å². The van der Waals surface area contributed by atoms with Gasteiger partial charge in [0.2, 0.25) is 0 Å². The Morgan fingerprint density at radius 2 is 1.95 bits per heavy atom. The molecule has 0 spiro atoms. The molecule has 0 aromatic carbocycles. The molecule has 0 bridgehead atoms. The Morgan fingerprint density at radius 3 is 2.50 bits per heavy atom. The smallest absolute Gasteiger partial charge is 0.271 e. The molecule has 6 nitrogen and oxygen atoms in total. The molecule has 2 heterocycles. The van der Waals surface area contributed by atoms with Crippen LogP contribution in [0, 0.1) is 20.8 Å². The van der Waals surface area contributed by atoms with E-state index >= 15 is 0 Å². The lowest BCUT2D eigenvalue weighted by molar-refractivity contribution is -0.122. The third kappa shape index (κ3) is 3.73. The van der Waals surface area contributed by atoms with Crippen molar-refractivity contribution in [1.29, 1.82) is 0 Å². The second-order valence-electron chi connectivity index (χ2n) is 5.16. The first-order valence-electron chi connectivity index (χ1n) is 7.10. The monoisotopic (exact) mass is 320 g/mol. The minimum Gasteiger partial charge on any atom is -0.271 e. The van der Waals surface area contributed by atoms with Gasteiger partial charge in [-0.3, -0.25) is 25.1 Å². The van der Waals surface area contributed by atoms with E-state index in [1.54, 1.807) is 4.68 Å². The number of hydrogen-bond acceptors (Lipinski definition) is 4. The highest BCUT2D eigenvalue weighted by Gasteiger charge is 2.13. The first kappa shape index (κ1) is 16.2. The molecule has 0 unspecified atom stereocenters. The van der Waals surface area contributed by atoms with Crippen LogP contribution in [0.2, 0.25) is 0 Å². The molecule has 7 heteroatoms. The van der Waals surface area contributed by atoms with E-state index in [0.717, 1.165) is 23.4 Å². The predicted octanol–water partition coefficient (Wildman–Crippen LogP) is 1.89. The zero-order chi connectivity index (χ0) is 16.3. The number of nitrogens with zero attached hydrogens (tertiary/aromatic N) is 2. The minimum atomic E-state index is -0.316. The molecule has 0 aliphatic rings. The molecule has 2 N–H and O–H groups in total. The van der Waals surface area contributed by atoms with Crippen LogP contribution in [0.25, 0.3) is 0 Å². The Labute approximate surface area is 133 Å². The third-order valence-electron chi connectivity index (χ3n) is 3.28. The van der Waals surface area contributed by atoms with Crippen LogP contribution in [0.1, 0.15) is 38.4 Å². The molecule has 0 saturated heterocycles. The Bertz CT molecular complexity index is 702. The summed E-state index contributed by atoms with van der Waals surface area (Å²) in [5.41, 5.74) is 7.72. The summed E-state index contributed by atoms with van der Waals surface area (Å²) in [5.74, 6) is -0.613. The predicted molar refractivity (Wildman–Crippen MR) is 85.7 cm³/mol. The second-order valence-corrected chi connectivity index (χ2v) is 6.29. The Morgan fingerprint density at radius 1 is 1.23 bits per heavy atom. The van der Waals surface area contributed by atoms with Crippen LogP contribution < -0.4 is 10.9 Å². The molecule has 0 aliphatic heterocycles. The zero-order valence-corrected chi connectivity index (χ0v) is 14.0. The van der Waals surface area contributed by atoms with Gasteiger partial charge in [-0.05, 0) is 44.9 Å². The van der Waals surface area contributed by atoms with Crippen molar-refractivity contribution in [2.45, 2.75) is 40.7 Å². The Balaban J connectivity index is 1.90. The number of carbonyl (C=O) groups is 2. The molecule has 0 radical (unpaired) electrons. The highest BCUT2D eigenvalue weighted by molar-refractivity contribution is 7.14. The van der Waals surface area contributed by atoms with Crippen molar-refractivity contribution in [2.75, 3.05) is 0 Å². The zero-order valence-electron chi connectivity index (χ0n) is 13.2. The molecule has 2 amide bonds. The molecule has 2 rings (SSSR count). The summed E-state index contributed by atoms with van der Waals surface area (Å²) in [6.07, 6.45) is 0.897. The lowest BCUT2D eigenvalue weighted by Crippen LogP contribution is -2.43. The fraction of sp³-hybridized carbons (Fsp3) is 0.400. The standard InChI is InChI=1S/C15H20N4O2S/c1-5-12-9(2)6-13(22-12)15(21)17-16-14(20)8-19-11(4)7-10(3)18-19/h6-7H,5,8H2,1-4H3,(H,16,20)(H,17,21). The first-order chi connectivity index (χ1) is 10.4. The largest absolute Gasteiger partial charge is 0.279 e. The fourth-order valence-corrected chi connectivity index (χ4v) is 3.19. The van der Waals surface area contributed by atoms with Crippen LogP contribution in [-0.2, 0) is 17.8 Å². The average molecular weight is 320 g/mol. The van der Waals surface area contributed by atoms with Crippen molar-refractivity contribution in [3.63, 3.8) is 0 Å². The van der Waals surface area contributed by atoms with Crippen molar-refractivity contribution >= 4 is 23.2 Å². The number of nitrogens with one attached hydrogen (secondary N) is 2. The van der Waals surface area contributed by atoms with Gasteiger partial charge in [0, 0.05) is 10.6 Å². The van der Waals surface area contributed by atoms with Crippen molar-refractivity contribution in [1.82, 2.24) is 20.6 Å². The normalized spacial score (nSPS) is 10.5. The molecule has 2 aromatic heterocycles. The molecule has 22 heavy (non-hydrogen) atoms. The van der Waals surface area contributed by atoms with E-state index in [1.807, 2.05) is 32.9 Å². The third-order valence-corrected chi connectivity index (χ3v) is 4.66. The van der Waals surface area contributed by atoms with Gasteiger partial charge in [-0.25, -0.2) is 0 Å². The lowest BCUT2D eigenvalue weighted by Gasteiger charge is -2.07. The minimum absolute atomic E-state index is 0.0730. The number of hydrazine groups is 1. The Hall–Kier alpha value is -2.15. The van der Waals surface area contributed by atoms with Crippen LogP contribution in [0.5, 0.6) is 0 Å². The number of aromatic nitrogens is 2. The maximum Gasteiger partial charge on any atom is 0.279 e. The maximum atomic E-state index is 12.0. The summed E-state index contributed by atoms with van der Waals surface area (Å²) in [5, 5.41) is 4.21. The number of hydrogen-bond donors (Lipinski definition) is 2. The molecule has 0 fully saturated rings. The quantitative estimate of drug-likeness (QED) is 0.845. The highest BCUT2D eigenvalue weighted by Crippen LogP contribution is 2.21. The average Bonchev–Trinajstić information content (AvgIpc) is 2.98. The number of rotatable bonds is 4. The van der Waals surface area contributed by atoms with Gasteiger partial charge >= 0.3 is 0 Å². The number of carbonyl (C=O) groups excluding carboxylic acids is 2. The van der Waals surface area contributed by atoms with Gasteiger partial charge in [-0.1, -0.05) is 6.92 Å². The maximum absolute atomic E-state index is 12.0. The summed E-state index contributed by atoms with van der Waals surface area (Å²) >= 11 is 1.45. The van der Waals surface area contributed by atoms with Crippen LogP contribution >= 0.6 is 11.3 Å². The molecular formula is C15H20N4O2S. The molecule has 0 aliphatic carbocycles. The summed E-state index contributed by atoms with van der Waals surface area (Å²) < 4.78 is 1.60. The van der Waals surface area contributed by atoms with Gasteiger partial charge in [0.15, 0.2) is 0 Å². The SMILES string of the molecule is CCc1sc(C(=O)NNC(=O)Cn2nc(C)cc2C)cc1C. The van der Waals surface area contributed by atoms with Crippen LogP contribution in [0.4, 0.5) is 0 Å². The van der Waals surface area contributed by atoms with E-state index in [0.29, 0.717) is 4.88 Å². The molecular weight excluding hydrogens is 300 g/mol. The van der Waals surface area contributed by atoms with Gasteiger partial charge < -0.3 is 0 Å². The van der Waals surface area contributed by atoms with Crippen LogP contribution in [0.15, 0.2) is 12.1 Å². The van der Waals surface area contributed by atoms with Crippen LogP contribution in [0.3, 0.4) is 0 Å². The van der Waals surface area contributed by atoms with E-state index in [4.69, 9.17) is 0 Å². The van der Waals surface area contributed by atoms with Gasteiger partial charge in [0.1, 0.15) is 6.54 Å². The molecule has 0 saturated carbocycles. The highest BCUT2D eigenvalue weighted by atomic mass is 32.1.